The maximum atomic E-state index is 11.9. The third-order valence-corrected chi connectivity index (χ3v) is 6.65. The minimum Gasteiger partial charge on any atom is -0.491 e. The molecule has 10 nitrogen and oxygen atoms in total. The van der Waals surface area contributed by atoms with Crippen LogP contribution in [-0.4, -0.2) is 46.8 Å². The second-order valence-electron chi connectivity index (χ2n) is 9.61. The Morgan fingerprint density at radius 1 is 1.00 bits per heavy atom. The zero-order chi connectivity index (χ0) is 28.2. The maximum Gasteiger partial charge on any atom is 0.333 e. The number of nitrogens with two attached hydrogens (primary N) is 1. The molecule has 0 saturated heterocycles. The highest BCUT2D eigenvalue weighted by atomic mass is 16.5. The van der Waals surface area contributed by atoms with Gasteiger partial charge in [0.25, 0.3) is 0 Å². The van der Waals surface area contributed by atoms with Crippen molar-refractivity contribution in [2.45, 2.75) is 32.6 Å². The summed E-state index contributed by atoms with van der Waals surface area (Å²) >= 11 is 0. The number of azo groups is 1. The molecule has 0 fully saturated rings. The van der Waals surface area contributed by atoms with Crippen molar-refractivity contribution in [1.29, 1.82) is 0 Å². The molecule has 3 aromatic carbocycles. The fourth-order valence-corrected chi connectivity index (χ4v) is 4.69. The van der Waals surface area contributed by atoms with Gasteiger partial charge < -0.3 is 20.3 Å². The third kappa shape index (κ3) is 5.67. The molecule has 0 amide bonds. The number of aliphatic carboxylic acids is 1. The maximum absolute atomic E-state index is 11.9. The summed E-state index contributed by atoms with van der Waals surface area (Å²) in [6, 6.07) is 13.0. The van der Waals surface area contributed by atoms with Gasteiger partial charge in [-0.3, -0.25) is 4.79 Å². The van der Waals surface area contributed by atoms with Crippen LogP contribution in [0.4, 0.5) is 11.4 Å². The number of para-hydroxylation sites is 1. The van der Waals surface area contributed by atoms with E-state index in [1.807, 2.05) is 30.3 Å². The average molecular weight is 540 g/mol. The molecule has 0 saturated carbocycles. The Kier molecular flexibility index (Phi) is 7.79. The summed E-state index contributed by atoms with van der Waals surface area (Å²) in [6.45, 7) is 6.20. The standard InChI is InChI=1S/C30H29N5O5/c1-17(2)30(38)40-13-10-20-15-25-24(14-19(20)8-11-31)35-34-23-7-6-21(16-26(36)37)28-29(23)33-27-18(9-12-39-25)4-3-5-22(27)32-28/h3-7,14-15H,1,8-13,16,31H2,2H3,(H,36,37). The molecule has 3 N–H and O–H groups in total. The number of carbonyl (C=O) groups is 2. The molecule has 0 radical (unpaired) electrons. The minimum absolute atomic E-state index is 0.183. The zero-order valence-electron chi connectivity index (χ0n) is 22.1. The molecular formula is C30H29N5O5. The Bertz CT molecular complexity index is 1680. The number of benzene rings is 3. The molecule has 204 valence electrons. The Morgan fingerprint density at radius 2 is 1.80 bits per heavy atom. The van der Waals surface area contributed by atoms with E-state index in [0.717, 1.165) is 16.7 Å². The number of hydrogen-bond acceptors (Lipinski definition) is 9. The van der Waals surface area contributed by atoms with E-state index >= 15 is 0 Å². The van der Waals surface area contributed by atoms with Crippen LogP contribution in [0.2, 0.25) is 0 Å². The molecule has 2 bridgehead atoms. The number of carbonyl (C=O) groups excluding carboxylic acids is 1. The van der Waals surface area contributed by atoms with Crippen molar-refractivity contribution >= 4 is 45.4 Å². The Morgan fingerprint density at radius 3 is 2.58 bits per heavy atom. The Hall–Kier alpha value is -4.70. The average Bonchev–Trinajstić information content (AvgIpc) is 2.92. The molecule has 40 heavy (non-hydrogen) atoms. The van der Waals surface area contributed by atoms with Crippen molar-refractivity contribution in [2.75, 3.05) is 19.8 Å². The van der Waals surface area contributed by atoms with E-state index < -0.39 is 11.9 Å². The monoisotopic (exact) mass is 539 g/mol. The predicted molar refractivity (Wildman–Crippen MR) is 150 cm³/mol. The van der Waals surface area contributed by atoms with E-state index in [1.165, 1.54) is 0 Å². The third-order valence-electron chi connectivity index (χ3n) is 6.65. The molecule has 10 heteroatoms. The van der Waals surface area contributed by atoms with E-state index in [0.29, 0.717) is 82.7 Å². The van der Waals surface area contributed by atoms with Gasteiger partial charge in [0.1, 0.15) is 22.6 Å². The number of carboxylic acid groups (broad SMARTS) is 1. The Labute approximate surface area is 230 Å². The van der Waals surface area contributed by atoms with Crippen LogP contribution < -0.4 is 10.5 Å². The van der Waals surface area contributed by atoms with Gasteiger partial charge in [0.05, 0.1) is 36.2 Å². The Balaban J connectivity index is 1.61. The van der Waals surface area contributed by atoms with E-state index in [4.69, 9.17) is 25.2 Å². The molecule has 4 aromatic rings. The number of aromatic nitrogens is 2. The van der Waals surface area contributed by atoms with Crippen molar-refractivity contribution in [3.05, 3.63) is 76.9 Å². The first-order chi connectivity index (χ1) is 19.3. The zero-order valence-corrected chi connectivity index (χ0v) is 22.1. The fourth-order valence-electron chi connectivity index (χ4n) is 4.69. The van der Waals surface area contributed by atoms with Crippen molar-refractivity contribution in [1.82, 2.24) is 9.97 Å². The molecule has 0 atom stereocenters. The lowest BCUT2D eigenvalue weighted by molar-refractivity contribution is -0.139. The lowest BCUT2D eigenvalue weighted by Gasteiger charge is -2.16. The first-order valence-electron chi connectivity index (χ1n) is 13.0. The van der Waals surface area contributed by atoms with Crippen molar-refractivity contribution in [3.8, 4) is 5.75 Å². The van der Waals surface area contributed by atoms with Crippen molar-refractivity contribution in [3.63, 3.8) is 0 Å². The summed E-state index contributed by atoms with van der Waals surface area (Å²) in [5, 5.41) is 18.5. The van der Waals surface area contributed by atoms with E-state index in [-0.39, 0.29) is 13.0 Å². The summed E-state index contributed by atoms with van der Waals surface area (Å²) in [4.78, 5) is 33.0. The summed E-state index contributed by atoms with van der Waals surface area (Å²) in [7, 11) is 0. The van der Waals surface area contributed by atoms with Gasteiger partial charge in [0.2, 0.25) is 0 Å². The van der Waals surface area contributed by atoms with E-state index in [2.05, 4.69) is 16.8 Å². The lowest BCUT2D eigenvalue weighted by atomic mass is 10.0. The number of nitrogens with zero attached hydrogens (tertiary/aromatic N) is 4. The van der Waals surface area contributed by atoms with Gasteiger partial charge in [-0.25, -0.2) is 14.8 Å². The summed E-state index contributed by atoms with van der Waals surface area (Å²) in [5.41, 5.74) is 13.0. The van der Waals surface area contributed by atoms with Gasteiger partial charge in [-0.05, 0) is 66.4 Å². The van der Waals surface area contributed by atoms with Gasteiger partial charge in [-0.15, -0.1) is 10.2 Å². The molecule has 5 rings (SSSR count). The molecular weight excluding hydrogens is 510 g/mol. The van der Waals surface area contributed by atoms with Gasteiger partial charge >= 0.3 is 11.9 Å². The van der Waals surface area contributed by atoms with Gasteiger partial charge in [-0.2, -0.15) is 0 Å². The second-order valence-corrected chi connectivity index (χ2v) is 9.61. The van der Waals surface area contributed by atoms with E-state index in [9.17, 15) is 14.7 Å². The lowest BCUT2D eigenvalue weighted by Crippen LogP contribution is -2.11. The molecule has 1 aliphatic heterocycles. The first-order valence-corrected chi connectivity index (χ1v) is 13.0. The highest BCUT2D eigenvalue weighted by Gasteiger charge is 2.17. The second kappa shape index (κ2) is 11.6. The molecule has 0 spiro atoms. The topological polar surface area (TPSA) is 149 Å². The number of hydrogen-bond donors (Lipinski definition) is 2. The number of carboxylic acids is 1. The highest BCUT2D eigenvalue weighted by molar-refractivity contribution is 5.96. The predicted octanol–water partition coefficient (Wildman–Crippen LogP) is 4.92. The van der Waals surface area contributed by atoms with Gasteiger partial charge in [0, 0.05) is 18.4 Å². The first kappa shape index (κ1) is 26.9. The number of rotatable bonds is 8. The van der Waals surface area contributed by atoms with Gasteiger partial charge in [-0.1, -0.05) is 24.8 Å². The number of fused-ring (bicyclic) bond motifs is 1. The SMILES string of the molecule is C=C(C)C(=O)OCCc1cc2c(cc1CCN)N=Nc1ccc(CC(=O)O)c3nc4cccc(c4nc13)CCO2. The van der Waals surface area contributed by atoms with Gasteiger partial charge in [0.15, 0.2) is 0 Å². The normalized spacial score (nSPS) is 12.6. The molecule has 1 aliphatic rings. The molecule has 0 unspecified atom stereocenters. The van der Waals surface area contributed by atoms with E-state index in [1.54, 1.807) is 19.1 Å². The largest absolute Gasteiger partial charge is 0.491 e. The van der Waals surface area contributed by atoms with Crippen LogP contribution in [0.5, 0.6) is 5.75 Å². The van der Waals surface area contributed by atoms with Crippen LogP contribution in [0.3, 0.4) is 0 Å². The van der Waals surface area contributed by atoms with Crippen molar-refractivity contribution in [2.24, 2.45) is 16.0 Å². The molecule has 1 aromatic heterocycles. The summed E-state index contributed by atoms with van der Waals surface area (Å²) in [6.07, 6.45) is 1.45. The minimum atomic E-state index is -0.954. The molecule has 0 aliphatic carbocycles. The summed E-state index contributed by atoms with van der Waals surface area (Å²) < 4.78 is 11.5. The smallest absolute Gasteiger partial charge is 0.333 e. The van der Waals surface area contributed by atoms with Crippen LogP contribution in [0.15, 0.2) is 64.8 Å². The van der Waals surface area contributed by atoms with Crippen LogP contribution in [0.25, 0.3) is 22.1 Å². The van der Waals surface area contributed by atoms with Crippen molar-refractivity contribution < 1.29 is 24.2 Å². The quantitative estimate of drug-likeness (QED) is 0.182. The number of ether oxygens (including phenoxy) is 2. The van der Waals surface area contributed by atoms with Crippen LogP contribution >= 0.6 is 0 Å². The van der Waals surface area contributed by atoms with Crippen LogP contribution in [-0.2, 0) is 40.0 Å². The molecule has 2 heterocycles. The number of esters is 1. The van der Waals surface area contributed by atoms with Crippen LogP contribution in [0.1, 0.15) is 29.2 Å². The fraction of sp³-hybridized carbons (Fsp3) is 0.267. The highest BCUT2D eigenvalue weighted by Crippen LogP contribution is 2.36. The summed E-state index contributed by atoms with van der Waals surface area (Å²) in [5.74, 6) is -0.839. The van der Waals surface area contributed by atoms with Crippen LogP contribution in [0, 0.1) is 0 Å².